The van der Waals surface area contributed by atoms with Crippen LogP contribution in [0.3, 0.4) is 0 Å². The molecular weight excluding hydrogens is 576 g/mol. The van der Waals surface area contributed by atoms with Gasteiger partial charge in [-0.2, -0.15) is 26.3 Å². The first-order valence-electron chi connectivity index (χ1n) is 14.3. The van der Waals surface area contributed by atoms with E-state index < -0.39 is 23.5 Å². The molecule has 0 aliphatic heterocycles. The molecular formula is C32H36ClF6N3. The van der Waals surface area contributed by atoms with Crippen LogP contribution in [0.5, 0.6) is 0 Å². The number of nitrogens with zero attached hydrogens (tertiary/aromatic N) is 3. The van der Waals surface area contributed by atoms with Crippen molar-refractivity contribution >= 4 is 23.8 Å². The van der Waals surface area contributed by atoms with Crippen molar-refractivity contribution in [3.8, 4) is 0 Å². The van der Waals surface area contributed by atoms with E-state index in [-0.39, 0.29) is 30.6 Å². The molecule has 1 fully saturated rings. The lowest BCUT2D eigenvalue weighted by atomic mass is 10.00. The minimum atomic E-state index is -4.90. The normalized spacial score (nSPS) is 15.4. The number of benzene rings is 2. The summed E-state index contributed by atoms with van der Waals surface area (Å²) >= 11 is 0. The van der Waals surface area contributed by atoms with Gasteiger partial charge in [0.05, 0.1) is 23.0 Å². The fourth-order valence-electron chi connectivity index (χ4n) is 6.30. The van der Waals surface area contributed by atoms with Gasteiger partial charge in [-0.3, -0.25) is 4.98 Å². The van der Waals surface area contributed by atoms with Crippen molar-refractivity contribution in [2.24, 2.45) is 5.92 Å². The van der Waals surface area contributed by atoms with Gasteiger partial charge in [0.1, 0.15) is 0 Å². The molecule has 0 N–H and O–H groups in total. The van der Waals surface area contributed by atoms with Gasteiger partial charge in [0, 0.05) is 38.1 Å². The van der Waals surface area contributed by atoms with E-state index in [2.05, 4.69) is 28.9 Å². The molecule has 0 atom stereocenters. The smallest absolute Gasteiger partial charge is 0.371 e. The van der Waals surface area contributed by atoms with Gasteiger partial charge in [-0.1, -0.05) is 18.9 Å². The lowest BCUT2D eigenvalue weighted by Crippen LogP contribution is -2.31. The summed E-state index contributed by atoms with van der Waals surface area (Å²) in [5.74, 6) is 0.622. The fourth-order valence-corrected chi connectivity index (χ4v) is 6.30. The average Bonchev–Trinajstić information content (AvgIpc) is 3.62. The van der Waals surface area contributed by atoms with Crippen molar-refractivity contribution < 1.29 is 26.3 Å². The Labute approximate surface area is 249 Å². The number of alkyl halides is 6. The maximum atomic E-state index is 13.6. The van der Waals surface area contributed by atoms with Crippen molar-refractivity contribution in [1.82, 2.24) is 4.98 Å². The van der Waals surface area contributed by atoms with Crippen LogP contribution in [-0.4, -0.2) is 18.1 Å². The average molecular weight is 612 g/mol. The zero-order valence-corrected chi connectivity index (χ0v) is 24.4. The predicted octanol–water partition coefficient (Wildman–Crippen LogP) is 9.25. The van der Waals surface area contributed by atoms with E-state index in [0.717, 1.165) is 55.7 Å². The van der Waals surface area contributed by atoms with E-state index in [0.29, 0.717) is 18.2 Å². The molecule has 0 radical (unpaired) electrons. The van der Waals surface area contributed by atoms with E-state index >= 15 is 0 Å². The molecule has 1 aromatic heterocycles. The van der Waals surface area contributed by atoms with Crippen LogP contribution in [0, 0.1) is 5.92 Å². The minimum Gasteiger partial charge on any atom is -0.371 e. The number of anilines is 2. The van der Waals surface area contributed by atoms with Gasteiger partial charge in [-0.05, 0) is 104 Å². The van der Waals surface area contributed by atoms with Crippen molar-refractivity contribution in [1.29, 1.82) is 0 Å². The fraction of sp³-hybridized carbons (Fsp3) is 0.469. The van der Waals surface area contributed by atoms with Crippen LogP contribution in [0.15, 0.2) is 54.9 Å². The summed E-state index contributed by atoms with van der Waals surface area (Å²) in [6.45, 7) is 4.08. The zero-order chi connectivity index (χ0) is 29.2. The Balaban J connectivity index is 0.00000405. The molecule has 2 aliphatic carbocycles. The molecule has 2 aromatic carbocycles. The molecule has 1 heterocycles. The largest absolute Gasteiger partial charge is 0.416 e. The van der Waals surface area contributed by atoms with Crippen molar-refractivity contribution in [3.63, 3.8) is 0 Å². The minimum absolute atomic E-state index is 0. The van der Waals surface area contributed by atoms with Crippen molar-refractivity contribution in [3.05, 3.63) is 88.2 Å². The molecule has 2 aliphatic rings. The molecule has 0 amide bonds. The molecule has 3 nitrogen and oxygen atoms in total. The van der Waals surface area contributed by atoms with Crippen LogP contribution in [0.4, 0.5) is 37.7 Å². The highest BCUT2D eigenvalue weighted by molar-refractivity contribution is 5.85. The lowest BCUT2D eigenvalue weighted by molar-refractivity contribution is -0.143. The second-order valence-corrected chi connectivity index (χ2v) is 11.3. The molecule has 0 bridgehead atoms. The van der Waals surface area contributed by atoms with Gasteiger partial charge in [0.2, 0.25) is 0 Å². The topological polar surface area (TPSA) is 19.4 Å². The van der Waals surface area contributed by atoms with Crippen molar-refractivity contribution in [2.45, 2.75) is 77.3 Å². The second kappa shape index (κ2) is 13.1. The molecule has 1 saturated carbocycles. The molecule has 3 aromatic rings. The quantitative estimate of drug-likeness (QED) is 0.225. The monoisotopic (exact) mass is 611 g/mol. The Hall–Kier alpha value is -2.94. The third kappa shape index (κ3) is 7.52. The van der Waals surface area contributed by atoms with Crippen molar-refractivity contribution in [2.75, 3.05) is 22.9 Å². The van der Waals surface area contributed by atoms with Crippen LogP contribution >= 0.6 is 12.4 Å². The number of hydrogen-bond donors (Lipinski definition) is 0. The van der Waals surface area contributed by atoms with Gasteiger partial charge in [-0.15, -0.1) is 12.4 Å². The number of aryl methyl sites for hydroxylation is 2. The predicted molar refractivity (Wildman–Crippen MR) is 156 cm³/mol. The van der Waals surface area contributed by atoms with E-state index in [1.165, 1.54) is 36.8 Å². The molecule has 228 valence electrons. The van der Waals surface area contributed by atoms with Crippen LogP contribution in [-0.2, 0) is 38.3 Å². The third-order valence-corrected chi connectivity index (χ3v) is 8.36. The van der Waals surface area contributed by atoms with E-state index in [1.807, 2.05) is 4.90 Å². The van der Waals surface area contributed by atoms with E-state index in [9.17, 15) is 26.3 Å². The summed E-state index contributed by atoms with van der Waals surface area (Å²) in [4.78, 5) is 8.42. The first-order chi connectivity index (χ1) is 19.5. The molecule has 42 heavy (non-hydrogen) atoms. The maximum Gasteiger partial charge on any atom is 0.416 e. The highest BCUT2D eigenvalue weighted by atomic mass is 35.5. The molecule has 0 unspecified atom stereocenters. The summed E-state index contributed by atoms with van der Waals surface area (Å²) < 4.78 is 81.7. The number of fused-ring (bicyclic) bond motifs is 1. The first-order valence-corrected chi connectivity index (χ1v) is 14.3. The Morgan fingerprint density at radius 3 is 2.02 bits per heavy atom. The van der Waals surface area contributed by atoms with Gasteiger partial charge < -0.3 is 9.80 Å². The Morgan fingerprint density at radius 2 is 1.45 bits per heavy atom. The highest BCUT2D eigenvalue weighted by Gasteiger charge is 2.37. The number of aromatic nitrogens is 1. The summed E-state index contributed by atoms with van der Waals surface area (Å²) in [5.41, 5.74) is 2.69. The van der Waals surface area contributed by atoms with E-state index in [4.69, 9.17) is 0 Å². The Bertz CT molecular complexity index is 1300. The van der Waals surface area contributed by atoms with Gasteiger partial charge >= 0.3 is 12.4 Å². The number of halogens is 7. The number of hydrogen-bond acceptors (Lipinski definition) is 3. The van der Waals surface area contributed by atoms with Crippen LogP contribution < -0.4 is 9.80 Å². The standard InChI is InChI=1S/C32H35F6N3.ClH/c1-2-40(19-22-7-3-4-8-22)30-16-25-10-5-9-24(25)15-26(30)21-41(29-11-6-12-39-18-29)20-23-13-27(31(33,34)35)17-28(14-23)32(36,37)38;/h6,11-18,22H,2-5,7-10,19-21H2,1H3;1H. The molecule has 0 spiro atoms. The van der Waals surface area contributed by atoms with Gasteiger partial charge in [0.25, 0.3) is 0 Å². The van der Waals surface area contributed by atoms with Crippen LogP contribution in [0.2, 0.25) is 0 Å². The zero-order valence-electron chi connectivity index (χ0n) is 23.6. The number of pyridine rings is 1. The van der Waals surface area contributed by atoms with Crippen LogP contribution in [0.1, 0.15) is 72.4 Å². The Morgan fingerprint density at radius 1 is 0.810 bits per heavy atom. The summed E-state index contributed by atoms with van der Waals surface area (Å²) in [6, 6.07) is 9.79. The summed E-state index contributed by atoms with van der Waals surface area (Å²) in [7, 11) is 0. The molecule has 5 rings (SSSR count). The van der Waals surface area contributed by atoms with Crippen LogP contribution in [0.25, 0.3) is 0 Å². The second-order valence-electron chi connectivity index (χ2n) is 11.3. The first kappa shape index (κ1) is 32.0. The third-order valence-electron chi connectivity index (χ3n) is 8.36. The molecule has 10 heteroatoms. The SMILES string of the molecule is CCN(CC1CCCC1)c1cc2c(cc1CN(Cc1cc(C(F)(F)F)cc(C(F)(F)F)c1)c1cccnc1)CCC2.Cl. The maximum absolute atomic E-state index is 13.6. The summed E-state index contributed by atoms with van der Waals surface area (Å²) in [6.07, 6.45) is 1.34. The van der Waals surface area contributed by atoms with Gasteiger partial charge in [0.15, 0.2) is 0 Å². The summed E-state index contributed by atoms with van der Waals surface area (Å²) in [5, 5.41) is 0. The van der Waals surface area contributed by atoms with Gasteiger partial charge in [-0.25, -0.2) is 0 Å². The number of rotatable bonds is 9. The van der Waals surface area contributed by atoms with E-state index in [1.54, 1.807) is 24.5 Å². The molecule has 0 saturated heterocycles. The highest BCUT2D eigenvalue weighted by Crippen LogP contribution is 2.38. The lowest BCUT2D eigenvalue weighted by Gasteiger charge is -2.32. The Kier molecular flexibility index (Phi) is 10.0.